The highest BCUT2D eigenvalue weighted by molar-refractivity contribution is 7.51. The third kappa shape index (κ3) is 5.39. The Morgan fingerprint density at radius 1 is 0.844 bits per heavy atom. The van der Waals surface area contributed by atoms with Crippen molar-refractivity contribution in [3.63, 3.8) is 0 Å². The number of methoxy groups -OCH3 is 1. The van der Waals surface area contributed by atoms with Crippen LogP contribution in [0.3, 0.4) is 0 Å². The molecule has 0 bridgehead atoms. The maximum atomic E-state index is 13.0. The van der Waals surface area contributed by atoms with Crippen LogP contribution in [-0.4, -0.2) is 20.1 Å². The van der Waals surface area contributed by atoms with Crippen LogP contribution in [0.5, 0.6) is 5.75 Å². The molecular formula is C25H22N2O4S. The quantitative estimate of drug-likeness (QED) is 0.472. The van der Waals surface area contributed by atoms with Gasteiger partial charge in [-0.05, 0) is 72.1 Å². The van der Waals surface area contributed by atoms with E-state index in [2.05, 4.69) is 24.4 Å². The van der Waals surface area contributed by atoms with Gasteiger partial charge in [-0.15, -0.1) is 0 Å². The summed E-state index contributed by atoms with van der Waals surface area (Å²) in [5, 5.41) is 3.19. The van der Waals surface area contributed by atoms with Gasteiger partial charge in [0.05, 0.1) is 7.11 Å². The Morgan fingerprint density at radius 2 is 1.50 bits per heavy atom. The van der Waals surface area contributed by atoms with E-state index in [0.29, 0.717) is 5.69 Å². The standard InChI is InChI=1S/C25H22N2O2.O2S/c1-18-6-3-4-7-23(18)19-9-13-21(14-10-19)27-17-5-8-24(25(27)28)26-20-11-15-22(29-2)16-12-20;1-3-2/h3-17,26H,1-2H3;. The Kier molecular flexibility index (Phi) is 7.72. The van der Waals surface area contributed by atoms with Crippen LogP contribution in [0.15, 0.2) is 95.9 Å². The highest BCUT2D eigenvalue weighted by atomic mass is 32.1. The molecule has 4 rings (SSSR count). The van der Waals surface area contributed by atoms with Gasteiger partial charge in [0.1, 0.15) is 11.4 Å². The van der Waals surface area contributed by atoms with E-state index in [0.717, 1.165) is 22.7 Å². The van der Waals surface area contributed by atoms with Gasteiger partial charge in [0, 0.05) is 17.6 Å². The van der Waals surface area contributed by atoms with E-state index >= 15 is 0 Å². The molecule has 0 fully saturated rings. The molecule has 6 nitrogen and oxygen atoms in total. The Bertz CT molecular complexity index is 1280. The first-order chi connectivity index (χ1) is 15.6. The van der Waals surface area contributed by atoms with Crippen molar-refractivity contribution >= 4 is 22.9 Å². The van der Waals surface area contributed by atoms with Gasteiger partial charge in [-0.2, -0.15) is 8.42 Å². The van der Waals surface area contributed by atoms with Gasteiger partial charge < -0.3 is 10.1 Å². The van der Waals surface area contributed by atoms with E-state index < -0.39 is 11.6 Å². The van der Waals surface area contributed by atoms with E-state index in [4.69, 9.17) is 13.2 Å². The third-order valence-corrected chi connectivity index (χ3v) is 4.92. The van der Waals surface area contributed by atoms with E-state index in [-0.39, 0.29) is 5.56 Å². The van der Waals surface area contributed by atoms with Crippen molar-refractivity contribution < 1.29 is 13.2 Å². The average molecular weight is 447 g/mol. The molecule has 4 aromatic rings. The summed E-state index contributed by atoms with van der Waals surface area (Å²) in [5.74, 6) is 0.773. The minimum absolute atomic E-state index is 0.105. The van der Waals surface area contributed by atoms with Gasteiger partial charge in [0.25, 0.3) is 5.56 Å². The number of rotatable bonds is 5. The first-order valence-electron chi connectivity index (χ1n) is 9.78. The van der Waals surface area contributed by atoms with E-state index in [1.807, 2.05) is 66.7 Å². The van der Waals surface area contributed by atoms with Crippen LogP contribution in [0.25, 0.3) is 16.8 Å². The van der Waals surface area contributed by atoms with Crippen molar-refractivity contribution in [2.45, 2.75) is 6.92 Å². The maximum Gasteiger partial charge on any atom is 0.335 e. The predicted molar refractivity (Wildman–Crippen MR) is 127 cm³/mol. The summed E-state index contributed by atoms with van der Waals surface area (Å²) in [6, 6.07) is 27.4. The number of nitrogens with zero attached hydrogens (tertiary/aromatic N) is 1. The smallest absolute Gasteiger partial charge is 0.335 e. The Hall–Kier alpha value is -3.97. The molecule has 0 atom stereocenters. The molecule has 0 saturated heterocycles. The first-order valence-corrected chi connectivity index (χ1v) is 10.4. The van der Waals surface area contributed by atoms with Crippen LogP contribution in [-0.2, 0) is 11.6 Å². The largest absolute Gasteiger partial charge is 0.497 e. The molecule has 7 heteroatoms. The van der Waals surface area contributed by atoms with Crippen LogP contribution in [0, 0.1) is 6.92 Å². The lowest BCUT2D eigenvalue weighted by atomic mass is 10.0. The zero-order valence-electron chi connectivity index (χ0n) is 17.6. The predicted octanol–water partition coefficient (Wildman–Crippen LogP) is 4.89. The number of aromatic nitrogens is 1. The molecule has 1 N–H and O–H groups in total. The Morgan fingerprint density at radius 3 is 2.12 bits per heavy atom. The maximum absolute atomic E-state index is 13.0. The lowest BCUT2D eigenvalue weighted by Crippen LogP contribution is -2.20. The summed E-state index contributed by atoms with van der Waals surface area (Å²) in [7, 11) is 1.63. The molecule has 32 heavy (non-hydrogen) atoms. The number of ether oxygens (including phenoxy) is 1. The molecule has 3 aromatic carbocycles. The van der Waals surface area contributed by atoms with Gasteiger partial charge in [0.15, 0.2) is 0 Å². The third-order valence-electron chi connectivity index (χ3n) is 4.92. The number of anilines is 2. The second kappa shape index (κ2) is 10.9. The van der Waals surface area contributed by atoms with E-state index in [1.165, 1.54) is 11.1 Å². The minimum Gasteiger partial charge on any atom is -0.497 e. The molecule has 0 spiro atoms. The highest BCUT2D eigenvalue weighted by Gasteiger charge is 2.07. The van der Waals surface area contributed by atoms with Crippen molar-refractivity contribution in [3.05, 3.63) is 107 Å². The van der Waals surface area contributed by atoms with Crippen LogP contribution in [0.2, 0.25) is 0 Å². The van der Waals surface area contributed by atoms with Crippen LogP contribution in [0.1, 0.15) is 5.56 Å². The normalized spacial score (nSPS) is 9.94. The molecule has 0 unspecified atom stereocenters. The summed E-state index contributed by atoms with van der Waals surface area (Å²) in [6.45, 7) is 2.10. The monoisotopic (exact) mass is 446 g/mol. The number of hydrogen-bond acceptors (Lipinski definition) is 5. The van der Waals surface area contributed by atoms with Crippen LogP contribution in [0.4, 0.5) is 11.4 Å². The fourth-order valence-corrected chi connectivity index (χ4v) is 3.32. The molecule has 0 saturated carbocycles. The first kappa shape index (κ1) is 22.7. The van der Waals surface area contributed by atoms with Crippen molar-refractivity contribution in [1.82, 2.24) is 4.57 Å². The van der Waals surface area contributed by atoms with Crippen LogP contribution >= 0.6 is 0 Å². The summed E-state index contributed by atoms with van der Waals surface area (Å²) < 4.78 is 23.4. The summed E-state index contributed by atoms with van der Waals surface area (Å²) >= 11 is -0.750. The molecule has 0 radical (unpaired) electrons. The molecule has 1 heterocycles. The van der Waals surface area contributed by atoms with Gasteiger partial charge in [-0.25, -0.2) is 0 Å². The molecule has 0 amide bonds. The van der Waals surface area contributed by atoms with Gasteiger partial charge in [-0.3, -0.25) is 9.36 Å². The van der Waals surface area contributed by atoms with Gasteiger partial charge in [-0.1, -0.05) is 36.4 Å². The molecule has 0 aliphatic carbocycles. The van der Waals surface area contributed by atoms with Crippen molar-refractivity contribution in [2.75, 3.05) is 12.4 Å². The van der Waals surface area contributed by atoms with Crippen molar-refractivity contribution in [3.8, 4) is 22.6 Å². The fraction of sp³-hybridized carbons (Fsp3) is 0.0800. The fourth-order valence-electron chi connectivity index (χ4n) is 3.32. The number of nitrogens with one attached hydrogen (secondary N) is 1. The molecule has 0 aliphatic rings. The molecule has 0 aliphatic heterocycles. The zero-order valence-corrected chi connectivity index (χ0v) is 18.5. The molecular weight excluding hydrogens is 424 g/mol. The van der Waals surface area contributed by atoms with Crippen molar-refractivity contribution in [1.29, 1.82) is 0 Å². The molecule has 162 valence electrons. The molecule has 1 aromatic heterocycles. The topological polar surface area (TPSA) is 77.4 Å². The van der Waals surface area contributed by atoms with E-state index in [1.54, 1.807) is 23.9 Å². The number of pyridine rings is 1. The zero-order chi connectivity index (χ0) is 22.9. The van der Waals surface area contributed by atoms with E-state index in [9.17, 15) is 4.79 Å². The summed E-state index contributed by atoms with van der Waals surface area (Å²) in [6.07, 6.45) is 1.78. The number of hydrogen-bond donors (Lipinski definition) is 1. The van der Waals surface area contributed by atoms with Crippen LogP contribution < -0.4 is 15.6 Å². The average Bonchev–Trinajstić information content (AvgIpc) is 2.82. The Labute approximate surface area is 189 Å². The van der Waals surface area contributed by atoms with Gasteiger partial charge >= 0.3 is 11.6 Å². The second-order valence-corrected chi connectivity index (χ2v) is 7.02. The van der Waals surface area contributed by atoms with Crippen molar-refractivity contribution in [2.24, 2.45) is 0 Å². The van der Waals surface area contributed by atoms with Gasteiger partial charge in [0.2, 0.25) is 0 Å². The lowest BCUT2D eigenvalue weighted by molar-refractivity contribution is 0.415. The summed E-state index contributed by atoms with van der Waals surface area (Å²) in [4.78, 5) is 13.0. The second-order valence-electron chi connectivity index (χ2n) is 6.88. The minimum atomic E-state index is -0.750. The number of aryl methyl sites for hydroxylation is 1. The lowest BCUT2D eigenvalue weighted by Gasteiger charge is -2.12. The number of benzene rings is 3. The Balaban J connectivity index is 0.000000913. The summed E-state index contributed by atoms with van der Waals surface area (Å²) in [5.41, 5.74) is 5.62. The highest BCUT2D eigenvalue weighted by Crippen LogP contribution is 2.24. The SMILES string of the molecule is COc1ccc(Nc2cccn(-c3ccc(-c4ccccc4C)cc3)c2=O)cc1.O=S=O.